The topological polar surface area (TPSA) is 17.1 Å². The highest BCUT2D eigenvalue weighted by Gasteiger charge is 2.10. The summed E-state index contributed by atoms with van der Waals surface area (Å²) in [6.45, 7) is 0. The maximum absolute atomic E-state index is 13.1. The molecule has 12 heavy (non-hydrogen) atoms. The second kappa shape index (κ2) is 3.92. The van der Waals surface area contributed by atoms with Crippen LogP contribution in [0.4, 0.5) is 4.39 Å². The van der Waals surface area contributed by atoms with E-state index in [-0.39, 0.29) is 10.6 Å². The first kappa shape index (κ1) is 9.55. The van der Waals surface area contributed by atoms with Crippen LogP contribution in [0.3, 0.4) is 0 Å². The molecule has 0 amide bonds. The number of halogens is 2. The molecule has 0 atom stereocenters. The Bertz CT molecular complexity index is 314. The Kier molecular flexibility index (Phi) is 3.12. The van der Waals surface area contributed by atoms with Gasteiger partial charge in [0.25, 0.3) is 0 Å². The molecule has 0 aromatic heterocycles. The Balaban J connectivity index is 3.35. The second-order valence-corrected chi connectivity index (χ2v) is 3.35. The molecule has 1 aromatic carbocycles. The minimum absolute atomic E-state index is 0.0186. The molecule has 4 heteroatoms. The molecule has 1 rings (SSSR count). The monoisotopic (exact) mass is 204 g/mol. The van der Waals surface area contributed by atoms with Crippen molar-refractivity contribution in [2.75, 3.05) is 6.26 Å². The average molecular weight is 205 g/mol. The second-order valence-electron chi connectivity index (χ2n) is 2.10. The third-order valence-electron chi connectivity index (χ3n) is 1.43. The SMILES string of the molecule is CSc1ccc(Cl)c(F)c1C=O. The Morgan fingerprint density at radius 2 is 2.25 bits per heavy atom. The fourth-order valence-electron chi connectivity index (χ4n) is 0.836. The van der Waals surface area contributed by atoms with Crippen LogP contribution in [0.5, 0.6) is 0 Å². The minimum Gasteiger partial charge on any atom is -0.298 e. The van der Waals surface area contributed by atoms with E-state index in [0.717, 1.165) is 0 Å². The largest absolute Gasteiger partial charge is 0.298 e. The fourth-order valence-corrected chi connectivity index (χ4v) is 1.56. The van der Waals surface area contributed by atoms with Gasteiger partial charge in [0, 0.05) is 4.90 Å². The van der Waals surface area contributed by atoms with E-state index in [0.29, 0.717) is 11.2 Å². The molecule has 0 fully saturated rings. The first-order chi connectivity index (χ1) is 5.70. The molecule has 0 radical (unpaired) electrons. The van der Waals surface area contributed by atoms with Gasteiger partial charge < -0.3 is 0 Å². The van der Waals surface area contributed by atoms with Gasteiger partial charge in [-0.2, -0.15) is 0 Å². The zero-order chi connectivity index (χ0) is 9.14. The normalized spacial score (nSPS) is 9.92. The third-order valence-corrected chi connectivity index (χ3v) is 2.52. The maximum atomic E-state index is 13.1. The summed E-state index contributed by atoms with van der Waals surface area (Å²) in [6.07, 6.45) is 2.25. The Morgan fingerprint density at radius 3 is 2.75 bits per heavy atom. The van der Waals surface area contributed by atoms with Gasteiger partial charge in [-0.25, -0.2) is 4.39 Å². The van der Waals surface area contributed by atoms with Crippen LogP contribution in [0.15, 0.2) is 17.0 Å². The molecule has 0 heterocycles. The number of thioether (sulfide) groups is 1. The summed E-state index contributed by atoms with van der Waals surface area (Å²) >= 11 is 6.79. The summed E-state index contributed by atoms with van der Waals surface area (Å²) < 4.78 is 13.1. The molecule has 64 valence electrons. The molecule has 0 spiro atoms. The van der Waals surface area contributed by atoms with E-state index in [9.17, 15) is 9.18 Å². The fraction of sp³-hybridized carbons (Fsp3) is 0.125. The molecule has 0 unspecified atom stereocenters. The van der Waals surface area contributed by atoms with Crippen molar-refractivity contribution >= 4 is 29.6 Å². The van der Waals surface area contributed by atoms with Crippen molar-refractivity contribution in [3.05, 3.63) is 28.5 Å². The van der Waals surface area contributed by atoms with Gasteiger partial charge in [0.15, 0.2) is 12.1 Å². The summed E-state index contributed by atoms with van der Waals surface area (Å²) in [4.78, 5) is 11.1. The summed E-state index contributed by atoms with van der Waals surface area (Å²) in [6, 6.07) is 3.07. The lowest BCUT2D eigenvalue weighted by Gasteiger charge is -2.02. The zero-order valence-corrected chi connectivity index (χ0v) is 7.88. The van der Waals surface area contributed by atoms with Crippen LogP contribution < -0.4 is 0 Å². The lowest BCUT2D eigenvalue weighted by atomic mass is 10.2. The van der Waals surface area contributed by atoms with Crippen LogP contribution in [-0.2, 0) is 0 Å². The molecular weight excluding hydrogens is 199 g/mol. The smallest absolute Gasteiger partial charge is 0.154 e. The van der Waals surface area contributed by atoms with Crippen molar-refractivity contribution in [3.63, 3.8) is 0 Å². The summed E-state index contributed by atoms with van der Waals surface area (Å²) in [5.74, 6) is -0.640. The molecule has 0 saturated carbocycles. The highest BCUT2D eigenvalue weighted by molar-refractivity contribution is 7.98. The molecule has 0 saturated heterocycles. The number of aldehydes is 1. The third kappa shape index (κ3) is 1.62. The van der Waals surface area contributed by atoms with Crippen LogP contribution in [0.1, 0.15) is 10.4 Å². The van der Waals surface area contributed by atoms with Gasteiger partial charge in [0.1, 0.15) is 0 Å². The quantitative estimate of drug-likeness (QED) is 0.544. The van der Waals surface area contributed by atoms with Gasteiger partial charge in [0.2, 0.25) is 0 Å². The first-order valence-corrected chi connectivity index (χ1v) is 4.78. The standard InChI is InChI=1S/C8H6ClFOS/c1-12-7-3-2-6(9)8(10)5(7)4-11/h2-4H,1H3. The highest BCUT2D eigenvalue weighted by Crippen LogP contribution is 2.26. The number of carbonyl (C=O) groups is 1. The van der Waals surface area contributed by atoms with Crippen molar-refractivity contribution < 1.29 is 9.18 Å². The molecular formula is C8H6ClFOS. The summed E-state index contributed by atoms with van der Waals surface area (Å²) in [5.41, 5.74) is 0.0370. The molecule has 1 nitrogen and oxygen atoms in total. The minimum atomic E-state index is -0.640. The highest BCUT2D eigenvalue weighted by atomic mass is 35.5. The van der Waals surface area contributed by atoms with E-state index in [2.05, 4.69) is 0 Å². The van der Waals surface area contributed by atoms with Crippen molar-refractivity contribution in [1.29, 1.82) is 0 Å². The van der Waals surface area contributed by atoms with Crippen LogP contribution >= 0.6 is 23.4 Å². The van der Waals surface area contributed by atoms with Crippen LogP contribution in [0, 0.1) is 5.82 Å². The lowest BCUT2D eigenvalue weighted by molar-refractivity contribution is 0.111. The van der Waals surface area contributed by atoms with Crippen molar-refractivity contribution in [3.8, 4) is 0 Å². The lowest BCUT2D eigenvalue weighted by Crippen LogP contribution is -1.91. The van der Waals surface area contributed by atoms with Gasteiger partial charge in [-0.05, 0) is 18.4 Å². The number of hydrogen-bond acceptors (Lipinski definition) is 2. The van der Waals surface area contributed by atoms with E-state index < -0.39 is 5.82 Å². The van der Waals surface area contributed by atoms with E-state index >= 15 is 0 Å². The molecule has 0 aliphatic carbocycles. The molecule has 0 N–H and O–H groups in total. The van der Waals surface area contributed by atoms with Gasteiger partial charge in [0.05, 0.1) is 10.6 Å². The van der Waals surface area contributed by atoms with E-state index in [1.165, 1.54) is 17.8 Å². The van der Waals surface area contributed by atoms with Gasteiger partial charge in [-0.1, -0.05) is 11.6 Å². The molecule has 0 bridgehead atoms. The molecule has 0 aliphatic heterocycles. The average Bonchev–Trinajstić information content (AvgIpc) is 2.09. The van der Waals surface area contributed by atoms with Crippen molar-refractivity contribution in [2.24, 2.45) is 0 Å². The number of carbonyl (C=O) groups excluding carboxylic acids is 1. The Hall–Kier alpha value is -0.540. The Morgan fingerprint density at radius 1 is 1.58 bits per heavy atom. The van der Waals surface area contributed by atoms with E-state index in [4.69, 9.17) is 11.6 Å². The molecule has 0 aliphatic rings. The van der Waals surface area contributed by atoms with Gasteiger partial charge in [-0.3, -0.25) is 4.79 Å². The van der Waals surface area contributed by atoms with Crippen LogP contribution in [0.25, 0.3) is 0 Å². The predicted octanol–water partition coefficient (Wildman–Crippen LogP) is 3.01. The number of rotatable bonds is 2. The first-order valence-electron chi connectivity index (χ1n) is 3.18. The predicted molar refractivity (Wildman–Crippen MR) is 48.6 cm³/mol. The number of hydrogen-bond donors (Lipinski definition) is 0. The van der Waals surface area contributed by atoms with Crippen LogP contribution in [0.2, 0.25) is 5.02 Å². The van der Waals surface area contributed by atoms with E-state index in [1.807, 2.05) is 0 Å². The van der Waals surface area contributed by atoms with Crippen LogP contribution in [-0.4, -0.2) is 12.5 Å². The van der Waals surface area contributed by atoms with E-state index in [1.54, 1.807) is 12.3 Å². The van der Waals surface area contributed by atoms with Crippen molar-refractivity contribution in [2.45, 2.75) is 4.90 Å². The molecule has 1 aromatic rings. The van der Waals surface area contributed by atoms with Gasteiger partial charge in [-0.15, -0.1) is 11.8 Å². The Labute approximate surface area is 78.9 Å². The number of benzene rings is 1. The zero-order valence-electron chi connectivity index (χ0n) is 6.30. The summed E-state index contributed by atoms with van der Waals surface area (Å²) in [5, 5.41) is -0.0186. The maximum Gasteiger partial charge on any atom is 0.154 e. The summed E-state index contributed by atoms with van der Waals surface area (Å²) in [7, 11) is 0. The van der Waals surface area contributed by atoms with Gasteiger partial charge >= 0.3 is 0 Å². The van der Waals surface area contributed by atoms with Crippen molar-refractivity contribution in [1.82, 2.24) is 0 Å².